The number of rotatable bonds is 5. The second-order valence-electron chi connectivity index (χ2n) is 9.27. The lowest BCUT2D eigenvalue weighted by atomic mass is 9.86. The lowest BCUT2D eigenvalue weighted by Gasteiger charge is -2.19. The van der Waals surface area contributed by atoms with Crippen LogP contribution in [0.1, 0.15) is 50.3 Å². The molecule has 0 saturated carbocycles. The first-order valence-electron chi connectivity index (χ1n) is 11.1. The predicted octanol–water partition coefficient (Wildman–Crippen LogP) is 5.26. The maximum absolute atomic E-state index is 16.0. The zero-order valence-electron chi connectivity index (χ0n) is 19.3. The Kier molecular flexibility index (Phi) is 5.12. The number of hydrogen-bond acceptors (Lipinski definition) is 4. The molecule has 1 aliphatic rings. The van der Waals surface area contributed by atoms with Gasteiger partial charge in [0.05, 0.1) is 25.4 Å². The van der Waals surface area contributed by atoms with Gasteiger partial charge in [0.25, 0.3) is 0 Å². The van der Waals surface area contributed by atoms with Crippen LogP contribution in [-0.2, 0) is 9.53 Å². The van der Waals surface area contributed by atoms with Crippen LogP contribution >= 0.6 is 0 Å². The first-order valence-corrected chi connectivity index (χ1v) is 11.1. The molecular formula is C25H25F2N3O4. The highest BCUT2D eigenvalue weighted by Gasteiger charge is 2.45. The van der Waals surface area contributed by atoms with E-state index in [1.807, 2.05) is 24.5 Å². The zero-order chi connectivity index (χ0) is 24.4. The number of nitrogens with one attached hydrogen (secondary N) is 1. The summed E-state index contributed by atoms with van der Waals surface area (Å²) in [7, 11) is 1.39. The molecule has 7 nitrogen and oxygen atoms in total. The molecule has 0 amide bonds. The minimum atomic E-state index is -1.36. The van der Waals surface area contributed by atoms with Gasteiger partial charge in [-0.3, -0.25) is 5.10 Å². The van der Waals surface area contributed by atoms with E-state index in [0.29, 0.717) is 27.5 Å². The van der Waals surface area contributed by atoms with E-state index in [2.05, 4.69) is 10.2 Å². The van der Waals surface area contributed by atoms with Gasteiger partial charge < -0.3 is 19.1 Å². The summed E-state index contributed by atoms with van der Waals surface area (Å²) in [5, 5.41) is 17.4. The Bertz CT molecular complexity index is 1440. The summed E-state index contributed by atoms with van der Waals surface area (Å²) < 4.78 is 43.1. The number of benzene rings is 2. The minimum absolute atomic E-state index is 0.0639. The first kappa shape index (κ1) is 22.3. The van der Waals surface area contributed by atoms with Crippen molar-refractivity contribution < 1.29 is 28.2 Å². The average Bonchev–Trinajstić information content (AvgIpc) is 3.50. The molecule has 1 fully saturated rings. The van der Waals surface area contributed by atoms with Gasteiger partial charge in [0, 0.05) is 34.1 Å². The molecule has 0 radical (unpaired) electrons. The number of carboxylic acid groups (broad SMARTS) is 1. The van der Waals surface area contributed by atoms with Gasteiger partial charge in [0.2, 0.25) is 0 Å². The number of aromatic amines is 1. The fourth-order valence-corrected chi connectivity index (χ4v) is 5.10. The second-order valence-corrected chi connectivity index (χ2v) is 9.27. The molecule has 3 heterocycles. The van der Waals surface area contributed by atoms with E-state index in [-0.39, 0.29) is 36.1 Å². The molecule has 4 aromatic rings. The van der Waals surface area contributed by atoms with Gasteiger partial charge in [-0.25, -0.2) is 13.6 Å². The lowest BCUT2D eigenvalue weighted by molar-refractivity contribution is -0.157. The maximum atomic E-state index is 16.0. The lowest BCUT2D eigenvalue weighted by Crippen LogP contribution is -2.34. The third-order valence-electron chi connectivity index (χ3n) is 6.72. The number of carboxylic acids is 1. The van der Waals surface area contributed by atoms with Crippen LogP contribution in [0.5, 0.6) is 5.75 Å². The molecule has 9 heteroatoms. The number of aromatic nitrogens is 3. The van der Waals surface area contributed by atoms with Crippen LogP contribution < -0.4 is 4.74 Å². The van der Waals surface area contributed by atoms with Crippen molar-refractivity contribution in [2.45, 2.75) is 44.6 Å². The largest absolute Gasteiger partial charge is 0.494 e. The number of methoxy groups -OCH3 is 1. The number of ether oxygens (including phenoxy) is 2. The normalized spacial score (nSPS) is 20.6. The number of fused-ring (bicyclic) bond motifs is 2. The van der Waals surface area contributed by atoms with Crippen LogP contribution in [0.4, 0.5) is 8.78 Å². The highest BCUT2D eigenvalue weighted by molar-refractivity contribution is 6.00. The molecule has 2 aromatic heterocycles. The minimum Gasteiger partial charge on any atom is -0.494 e. The SMILES string of the molecule is COc1cc(-n2c(C(C)C)c(C3CO[C@@](C)(C(=O)O)C3)c3c(F)c4[nH]ncc4cc32)ccc1F. The third-order valence-corrected chi connectivity index (χ3v) is 6.72. The molecule has 178 valence electrons. The molecule has 1 aliphatic heterocycles. The highest BCUT2D eigenvalue weighted by atomic mass is 19.1. The quantitative estimate of drug-likeness (QED) is 0.416. The van der Waals surface area contributed by atoms with E-state index in [9.17, 15) is 14.3 Å². The van der Waals surface area contributed by atoms with Crippen LogP contribution in [-0.4, -0.2) is 45.2 Å². The summed E-state index contributed by atoms with van der Waals surface area (Å²) >= 11 is 0. The smallest absolute Gasteiger partial charge is 0.335 e. The summed E-state index contributed by atoms with van der Waals surface area (Å²) in [6, 6.07) is 6.36. The van der Waals surface area contributed by atoms with Crippen molar-refractivity contribution in [3.05, 3.63) is 53.4 Å². The molecule has 34 heavy (non-hydrogen) atoms. The summed E-state index contributed by atoms with van der Waals surface area (Å²) in [5.41, 5.74) is 1.63. The number of nitrogens with zero attached hydrogens (tertiary/aromatic N) is 2. The fourth-order valence-electron chi connectivity index (χ4n) is 5.10. The van der Waals surface area contributed by atoms with Crippen LogP contribution in [0.2, 0.25) is 0 Å². The van der Waals surface area contributed by atoms with Crippen molar-refractivity contribution in [2.75, 3.05) is 13.7 Å². The van der Waals surface area contributed by atoms with Gasteiger partial charge in [0.1, 0.15) is 5.52 Å². The van der Waals surface area contributed by atoms with Gasteiger partial charge in [-0.05, 0) is 43.0 Å². The molecule has 5 rings (SSSR count). The van der Waals surface area contributed by atoms with E-state index >= 15 is 4.39 Å². The number of hydrogen-bond donors (Lipinski definition) is 2. The Labute approximate surface area is 194 Å². The number of carbonyl (C=O) groups is 1. The molecule has 2 aromatic carbocycles. The average molecular weight is 469 g/mol. The Morgan fingerprint density at radius 1 is 1.35 bits per heavy atom. The number of halogens is 2. The number of aliphatic carboxylic acids is 1. The van der Waals surface area contributed by atoms with Crippen molar-refractivity contribution in [2.24, 2.45) is 0 Å². The maximum Gasteiger partial charge on any atom is 0.335 e. The monoisotopic (exact) mass is 469 g/mol. The third kappa shape index (κ3) is 3.18. The van der Waals surface area contributed by atoms with E-state index in [0.717, 1.165) is 5.69 Å². The van der Waals surface area contributed by atoms with Crippen LogP contribution in [0.15, 0.2) is 30.5 Å². The van der Waals surface area contributed by atoms with Gasteiger partial charge in [-0.2, -0.15) is 5.10 Å². The Morgan fingerprint density at radius 2 is 2.12 bits per heavy atom. The van der Waals surface area contributed by atoms with Gasteiger partial charge >= 0.3 is 5.97 Å². The standard InChI is InChI=1S/C25H25F2N3O4/c1-12(2)23-19(14-9-25(3,24(31)32)34-11-14)20-17(7-13-10-28-29-22(13)21(20)27)30(23)15-5-6-16(26)18(8-15)33-4/h5-8,10,12,14H,9,11H2,1-4H3,(H,28,29)(H,31,32)/t14?,25-/m1/s1. The summed E-state index contributed by atoms with van der Waals surface area (Å²) in [6.45, 7) is 5.67. The Balaban J connectivity index is 1.88. The van der Waals surface area contributed by atoms with Crippen molar-refractivity contribution in [3.8, 4) is 11.4 Å². The molecule has 0 spiro atoms. The Morgan fingerprint density at radius 3 is 2.76 bits per heavy atom. The van der Waals surface area contributed by atoms with Crippen molar-refractivity contribution in [3.63, 3.8) is 0 Å². The molecule has 2 N–H and O–H groups in total. The molecule has 0 bridgehead atoms. The molecule has 1 saturated heterocycles. The predicted molar refractivity (Wildman–Crippen MR) is 123 cm³/mol. The molecule has 2 atom stereocenters. The zero-order valence-corrected chi connectivity index (χ0v) is 19.3. The van der Waals surface area contributed by atoms with Gasteiger partial charge in [0.15, 0.2) is 23.0 Å². The van der Waals surface area contributed by atoms with Crippen molar-refractivity contribution >= 4 is 27.8 Å². The summed E-state index contributed by atoms with van der Waals surface area (Å²) in [6.07, 6.45) is 1.75. The highest BCUT2D eigenvalue weighted by Crippen LogP contribution is 2.47. The molecule has 0 aliphatic carbocycles. The van der Waals surface area contributed by atoms with Crippen LogP contribution in [0.25, 0.3) is 27.5 Å². The van der Waals surface area contributed by atoms with Crippen molar-refractivity contribution in [1.82, 2.24) is 14.8 Å². The van der Waals surface area contributed by atoms with E-state index in [4.69, 9.17) is 9.47 Å². The topological polar surface area (TPSA) is 89.4 Å². The molecule has 1 unspecified atom stereocenters. The van der Waals surface area contributed by atoms with E-state index in [1.54, 1.807) is 18.3 Å². The second kappa shape index (κ2) is 7.80. The Hall–Kier alpha value is -3.46. The summed E-state index contributed by atoms with van der Waals surface area (Å²) in [5.74, 6) is -2.35. The van der Waals surface area contributed by atoms with Crippen LogP contribution in [0.3, 0.4) is 0 Å². The molecular weight excluding hydrogens is 444 g/mol. The number of H-pyrrole nitrogens is 1. The first-order chi connectivity index (χ1) is 16.2. The van der Waals surface area contributed by atoms with Gasteiger partial charge in [-0.1, -0.05) is 13.8 Å². The van der Waals surface area contributed by atoms with Gasteiger partial charge in [-0.15, -0.1) is 0 Å². The summed E-state index contributed by atoms with van der Waals surface area (Å²) in [4.78, 5) is 11.9. The van der Waals surface area contributed by atoms with Crippen molar-refractivity contribution in [1.29, 1.82) is 0 Å². The van der Waals surface area contributed by atoms with Crippen LogP contribution in [0, 0.1) is 11.6 Å². The van der Waals surface area contributed by atoms with E-state index in [1.165, 1.54) is 20.1 Å². The fraction of sp³-hybridized carbons (Fsp3) is 0.360. The van der Waals surface area contributed by atoms with E-state index < -0.39 is 23.2 Å².